The fraction of sp³-hybridized carbons (Fsp3) is 0.571. The first-order valence-electron chi connectivity index (χ1n) is 6.10. The molecule has 17 heavy (non-hydrogen) atoms. The quantitative estimate of drug-likeness (QED) is 0.709. The summed E-state index contributed by atoms with van der Waals surface area (Å²) in [6.45, 7) is 6.61. The third kappa shape index (κ3) is 3.72. The van der Waals surface area contributed by atoms with Crippen LogP contribution < -0.4 is 5.32 Å². The number of nitrogens with one attached hydrogen (secondary N) is 1. The van der Waals surface area contributed by atoms with Gasteiger partial charge in [0.05, 0.1) is 13.2 Å². The van der Waals surface area contributed by atoms with E-state index in [-0.39, 0.29) is 13.2 Å². The lowest BCUT2D eigenvalue weighted by molar-refractivity contribution is 0.0806. The number of aryl methyl sites for hydroxylation is 2. The molecule has 3 heteroatoms. The van der Waals surface area contributed by atoms with Crippen molar-refractivity contribution in [1.82, 2.24) is 0 Å². The van der Waals surface area contributed by atoms with E-state index in [0.29, 0.717) is 6.54 Å². The highest BCUT2D eigenvalue weighted by molar-refractivity contribution is 5.48. The number of hydrogen-bond acceptors (Lipinski definition) is 3. The zero-order valence-corrected chi connectivity index (χ0v) is 11.0. The van der Waals surface area contributed by atoms with Crippen LogP contribution in [0.25, 0.3) is 0 Å². The molecule has 1 rings (SSSR count). The first-order chi connectivity index (χ1) is 8.04. The average Bonchev–Trinajstić information content (AvgIpc) is 2.37. The molecule has 0 bridgehead atoms. The predicted octanol–water partition coefficient (Wildman–Crippen LogP) is 1.96. The Hall–Kier alpha value is -1.06. The van der Waals surface area contributed by atoms with E-state index in [1.54, 1.807) is 0 Å². The molecular weight excluding hydrogens is 214 g/mol. The average molecular weight is 237 g/mol. The van der Waals surface area contributed by atoms with Gasteiger partial charge in [0.2, 0.25) is 0 Å². The Bertz CT molecular complexity index is 359. The van der Waals surface area contributed by atoms with Gasteiger partial charge in [0.15, 0.2) is 0 Å². The Morgan fingerprint density at radius 2 is 1.88 bits per heavy atom. The second-order valence-electron chi connectivity index (χ2n) is 4.98. The molecule has 0 saturated carbocycles. The van der Waals surface area contributed by atoms with Gasteiger partial charge < -0.3 is 15.5 Å². The van der Waals surface area contributed by atoms with Gasteiger partial charge in [-0.15, -0.1) is 0 Å². The van der Waals surface area contributed by atoms with Crippen LogP contribution in [0.1, 0.15) is 25.0 Å². The van der Waals surface area contributed by atoms with E-state index >= 15 is 0 Å². The predicted molar refractivity (Wildman–Crippen MR) is 71.3 cm³/mol. The minimum absolute atomic E-state index is 0.0248. The minimum atomic E-state index is -0.475. The summed E-state index contributed by atoms with van der Waals surface area (Å²) in [6, 6.07) is 6.25. The summed E-state index contributed by atoms with van der Waals surface area (Å²) >= 11 is 0. The smallest absolute Gasteiger partial charge is 0.0523 e. The van der Waals surface area contributed by atoms with Gasteiger partial charge >= 0.3 is 0 Å². The van der Waals surface area contributed by atoms with E-state index in [2.05, 4.69) is 31.3 Å². The Morgan fingerprint density at radius 3 is 2.41 bits per heavy atom. The summed E-state index contributed by atoms with van der Waals surface area (Å²) in [4.78, 5) is 0. The molecule has 0 radical (unpaired) electrons. The molecule has 0 amide bonds. The van der Waals surface area contributed by atoms with Crippen LogP contribution in [-0.2, 0) is 6.42 Å². The van der Waals surface area contributed by atoms with Crippen LogP contribution in [0.5, 0.6) is 0 Å². The van der Waals surface area contributed by atoms with Gasteiger partial charge in [-0.05, 0) is 36.6 Å². The third-order valence-electron chi connectivity index (χ3n) is 3.21. The Labute approximate surface area is 103 Å². The van der Waals surface area contributed by atoms with Crippen molar-refractivity contribution in [2.75, 3.05) is 25.1 Å². The first-order valence-corrected chi connectivity index (χ1v) is 6.10. The molecular formula is C14H23NO2. The summed E-state index contributed by atoms with van der Waals surface area (Å²) in [5, 5.41) is 21.7. The molecule has 1 aromatic rings. The fourth-order valence-corrected chi connectivity index (χ4v) is 1.64. The molecule has 3 N–H and O–H groups in total. The SMILES string of the molecule is CCc1cc(NCC(C)(CO)CO)ccc1C. The van der Waals surface area contributed by atoms with Crippen molar-refractivity contribution in [3.05, 3.63) is 29.3 Å². The van der Waals surface area contributed by atoms with Gasteiger partial charge in [0.25, 0.3) is 0 Å². The number of anilines is 1. The van der Waals surface area contributed by atoms with E-state index in [0.717, 1.165) is 12.1 Å². The van der Waals surface area contributed by atoms with E-state index in [4.69, 9.17) is 0 Å². The van der Waals surface area contributed by atoms with Gasteiger partial charge in [-0.2, -0.15) is 0 Å². The molecule has 0 aliphatic carbocycles. The zero-order chi connectivity index (χ0) is 12.9. The first kappa shape index (κ1) is 14.0. The molecule has 0 atom stereocenters. The van der Waals surface area contributed by atoms with Crippen molar-refractivity contribution in [3.63, 3.8) is 0 Å². The highest BCUT2D eigenvalue weighted by Crippen LogP contribution is 2.19. The number of aliphatic hydroxyl groups is 2. The van der Waals surface area contributed by atoms with Gasteiger partial charge in [0, 0.05) is 17.6 Å². The number of hydrogen-bond donors (Lipinski definition) is 3. The highest BCUT2D eigenvalue weighted by Gasteiger charge is 2.21. The van der Waals surface area contributed by atoms with Crippen molar-refractivity contribution in [1.29, 1.82) is 0 Å². The monoisotopic (exact) mass is 237 g/mol. The third-order valence-corrected chi connectivity index (χ3v) is 3.21. The van der Waals surface area contributed by atoms with Crippen LogP contribution in [-0.4, -0.2) is 30.0 Å². The van der Waals surface area contributed by atoms with Crippen LogP contribution >= 0.6 is 0 Å². The van der Waals surface area contributed by atoms with Crippen LogP contribution in [0.15, 0.2) is 18.2 Å². The van der Waals surface area contributed by atoms with Gasteiger partial charge in [-0.25, -0.2) is 0 Å². The highest BCUT2D eigenvalue weighted by atomic mass is 16.3. The molecule has 0 aliphatic rings. The Morgan fingerprint density at radius 1 is 1.24 bits per heavy atom. The normalized spacial score (nSPS) is 11.6. The maximum absolute atomic E-state index is 9.21. The van der Waals surface area contributed by atoms with Gasteiger partial charge in [-0.3, -0.25) is 0 Å². The van der Waals surface area contributed by atoms with Crippen LogP contribution in [0.4, 0.5) is 5.69 Å². The summed E-state index contributed by atoms with van der Waals surface area (Å²) in [6.07, 6.45) is 1.01. The standard InChI is InChI=1S/C14H23NO2/c1-4-12-7-13(6-5-11(12)2)15-8-14(3,9-16)10-17/h5-7,15-17H,4,8-10H2,1-3H3. The number of rotatable bonds is 6. The lowest BCUT2D eigenvalue weighted by atomic mass is 9.93. The minimum Gasteiger partial charge on any atom is -0.396 e. The summed E-state index contributed by atoms with van der Waals surface area (Å²) in [7, 11) is 0. The summed E-state index contributed by atoms with van der Waals surface area (Å²) in [5.41, 5.74) is 3.19. The van der Waals surface area contributed by atoms with E-state index in [1.165, 1.54) is 11.1 Å². The molecule has 96 valence electrons. The molecule has 0 saturated heterocycles. The second kappa shape index (κ2) is 6.03. The molecule has 0 fully saturated rings. The molecule has 1 aromatic carbocycles. The maximum atomic E-state index is 9.21. The summed E-state index contributed by atoms with van der Waals surface area (Å²) in [5.74, 6) is 0. The molecule has 0 spiro atoms. The van der Waals surface area contributed by atoms with E-state index in [9.17, 15) is 10.2 Å². The number of benzene rings is 1. The van der Waals surface area contributed by atoms with Crippen molar-refractivity contribution in [3.8, 4) is 0 Å². The van der Waals surface area contributed by atoms with Gasteiger partial charge in [0.1, 0.15) is 0 Å². The Kier molecular flexibility index (Phi) is 4.97. The van der Waals surface area contributed by atoms with E-state index < -0.39 is 5.41 Å². The second-order valence-corrected chi connectivity index (χ2v) is 4.98. The number of aliphatic hydroxyl groups excluding tert-OH is 2. The van der Waals surface area contributed by atoms with Crippen molar-refractivity contribution in [2.45, 2.75) is 27.2 Å². The maximum Gasteiger partial charge on any atom is 0.0523 e. The van der Waals surface area contributed by atoms with Crippen molar-refractivity contribution >= 4 is 5.69 Å². The van der Waals surface area contributed by atoms with Crippen LogP contribution in [0.2, 0.25) is 0 Å². The fourth-order valence-electron chi connectivity index (χ4n) is 1.64. The van der Waals surface area contributed by atoms with Crippen LogP contribution in [0.3, 0.4) is 0 Å². The summed E-state index contributed by atoms with van der Waals surface area (Å²) < 4.78 is 0. The molecule has 3 nitrogen and oxygen atoms in total. The Balaban J connectivity index is 2.69. The lowest BCUT2D eigenvalue weighted by Crippen LogP contribution is -2.34. The lowest BCUT2D eigenvalue weighted by Gasteiger charge is -2.25. The van der Waals surface area contributed by atoms with Gasteiger partial charge in [-0.1, -0.05) is 19.9 Å². The van der Waals surface area contributed by atoms with Crippen molar-refractivity contribution in [2.24, 2.45) is 5.41 Å². The molecule has 0 unspecified atom stereocenters. The van der Waals surface area contributed by atoms with Crippen LogP contribution in [0, 0.1) is 12.3 Å². The van der Waals surface area contributed by atoms with E-state index in [1.807, 2.05) is 13.0 Å². The molecule has 0 aromatic heterocycles. The topological polar surface area (TPSA) is 52.5 Å². The molecule has 0 aliphatic heterocycles. The largest absolute Gasteiger partial charge is 0.396 e. The zero-order valence-electron chi connectivity index (χ0n) is 11.0. The molecule has 0 heterocycles. The van der Waals surface area contributed by atoms with Crippen molar-refractivity contribution < 1.29 is 10.2 Å².